The minimum absolute atomic E-state index is 0.426. The predicted molar refractivity (Wildman–Crippen MR) is 51.7 cm³/mol. The van der Waals surface area contributed by atoms with Crippen LogP contribution in [0, 0.1) is 0 Å². The van der Waals surface area contributed by atoms with Gasteiger partial charge in [0.2, 0.25) is 0 Å². The molecule has 0 aromatic carbocycles. The second kappa shape index (κ2) is 10.6. The molecular weight excluding hydrogens is 178 g/mol. The number of hydrogen-bond acceptors (Lipinski definition) is 1. The van der Waals surface area contributed by atoms with Crippen molar-refractivity contribution in [1.29, 1.82) is 0 Å². The second-order valence-electron chi connectivity index (χ2n) is 2.49. The summed E-state index contributed by atoms with van der Waals surface area (Å²) in [5.41, 5.74) is 4.03. The van der Waals surface area contributed by atoms with Crippen LogP contribution < -0.4 is 5.73 Å². The fourth-order valence-corrected chi connectivity index (χ4v) is 0.784. The number of primary amides is 1. The summed E-state index contributed by atoms with van der Waals surface area (Å²) in [6, 6.07) is 0. The minimum atomic E-state index is -1.33. The van der Waals surface area contributed by atoms with Crippen LogP contribution in [0.3, 0.4) is 0 Å². The van der Waals surface area contributed by atoms with E-state index in [1.54, 1.807) is 0 Å². The number of halogens is 1. The average Bonchev–Trinajstić information content (AvgIpc) is 1.99. The lowest BCUT2D eigenvalue weighted by molar-refractivity contribution is 0.205. The van der Waals surface area contributed by atoms with Crippen LogP contribution in [0.5, 0.6) is 0 Å². The van der Waals surface area contributed by atoms with Gasteiger partial charge in [-0.3, -0.25) is 0 Å². The number of carboxylic acid groups (broad SMARTS) is 1. The lowest BCUT2D eigenvalue weighted by Gasteiger charge is -2.01. The predicted octanol–water partition coefficient (Wildman–Crippen LogP) is 2.82. The molecule has 0 radical (unpaired) electrons. The van der Waals surface area contributed by atoms with Gasteiger partial charge in [0, 0.05) is 5.38 Å². The van der Waals surface area contributed by atoms with Gasteiger partial charge in [-0.2, -0.15) is 0 Å². The molecule has 1 unspecified atom stereocenters. The molecule has 0 aromatic rings. The lowest BCUT2D eigenvalue weighted by Crippen LogP contribution is -2.03. The van der Waals surface area contributed by atoms with Gasteiger partial charge in [0.15, 0.2) is 0 Å². The molecule has 0 aliphatic carbocycles. The van der Waals surface area contributed by atoms with E-state index in [0.717, 1.165) is 6.42 Å². The first kappa shape index (κ1) is 14.1. The number of rotatable bonds is 4. The molecule has 0 aliphatic rings. The van der Waals surface area contributed by atoms with Crippen molar-refractivity contribution in [2.75, 3.05) is 0 Å². The first-order valence-corrected chi connectivity index (χ1v) is 4.60. The minimum Gasteiger partial charge on any atom is -0.465 e. The molecule has 0 saturated carbocycles. The molecule has 0 fully saturated rings. The summed E-state index contributed by atoms with van der Waals surface area (Å²) in [5.74, 6) is 0. The molecule has 1 atom stereocenters. The molecule has 0 aromatic heterocycles. The summed E-state index contributed by atoms with van der Waals surface area (Å²) in [7, 11) is 0. The van der Waals surface area contributed by atoms with Gasteiger partial charge in [-0.15, -0.1) is 11.6 Å². The largest absolute Gasteiger partial charge is 0.465 e. The van der Waals surface area contributed by atoms with Gasteiger partial charge in [0.05, 0.1) is 0 Å². The van der Waals surface area contributed by atoms with Crippen molar-refractivity contribution in [2.24, 2.45) is 5.73 Å². The van der Waals surface area contributed by atoms with Crippen molar-refractivity contribution in [3.05, 3.63) is 0 Å². The Morgan fingerprint density at radius 2 is 2.00 bits per heavy atom. The fourth-order valence-electron chi connectivity index (χ4n) is 0.630. The van der Waals surface area contributed by atoms with Crippen molar-refractivity contribution < 1.29 is 9.90 Å². The third kappa shape index (κ3) is 22.7. The number of nitrogens with two attached hydrogens (primary N) is 1. The van der Waals surface area contributed by atoms with Gasteiger partial charge < -0.3 is 10.8 Å². The molecule has 4 heteroatoms. The molecule has 0 aliphatic heterocycles. The SMILES string of the molecule is CCCCC(Cl)CC.NC(=O)O. The topological polar surface area (TPSA) is 63.3 Å². The van der Waals surface area contributed by atoms with Gasteiger partial charge in [0.1, 0.15) is 0 Å². The van der Waals surface area contributed by atoms with Crippen LogP contribution in [-0.2, 0) is 0 Å². The van der Waals surface area contributed by atoms with Crippen molar-refractivity contribution in [1.82, 2.24) is 0 Å². The van der Waals surface area contributed by atoms with Crippen LogP contribution in [0.2, 0.25) is 0 Å². The van der Waals surface area contributed by atoms with Crippen molar-refractivity contribution in [2.45, 2.75) is 44.9 Å². The van der Waals surface area contributed by atoms with Crippen LogP contribution in [0.4, 0.5) is 4.79 Å². The third-order valence-corrected chi connectivity index (χ3v) is 1.84. The van der Waals surface area contributed by atoms with E-state index in [-0.39, 0.29) is 0 Å². The third-order valence-electron chi connectivity index (χ3n) is 1.31. The first-order valence-electron chi connectivity index (χ1n) is 4.17. The molecule has 3 nitrogen and oxygen atoms in total. The van der Waals surface area contributed by atoms with Crippen molar-refractivity contribution in [3.63, 3.8) is 0 Å². The standard InChI is InChI=1S/C7H15Cl.CH3NO2/c1-3-5-6-7(8)4-2;2-1(3)4/h7H,3-6H2,1-2H3;2H2,(H,3,4). The van der Waals surface area contributed by atoms with Crippen LogP contribution in [0.15, 0.2) is 0 Å². The van der Waals surface area contributed by atoms with Gasteiger partial charge >= 0.3 is 6.09 Å². The van der Waals surface area contributed by atoms with E-state index in [2.05, 4.69) is 19.6 Å². The van der Waals surface area contributed by atoms with Crippen LogP contribution in [0.25, 0.3) is 0 Å². The average molecular weight is 196 g/mol. The Kier molecular flexibility index (Phi) is 12.4. The maximum atomic E-state index is 8.78. The van der Waals surface area contributed by atoms with Gasteiger partial charge in [0.25, 0.3) is 0 Å². The Hall–Kier alpha value is -0.440. The highest BCUT2D eigenvalue weighted by molar-refractivity contribution is 6.20. The highest BCUT2D eigenvalue weighted by Gasteiger charge is 1.97. The zero-order valence-corrected chi connectivity index (χ0v) is 8.47. The Balaban J connectivity index is 0. The summed E-state index contributed by atoms with van der Waals surface area (Å²) >= 11 is 5.84. The molecule has 0 bridgehead atoms. The number of unbranched alkanes of at least 4 members (excludes halogenated alkanes) is 1. The van der Waals surface area contributed by atoms with Crippen molar-refractivity contribution >= 4 is 17.7 Å². The van der Waals surface area contributed by atoms with E-state index in [1.807, 2.05) is 0 Å². The van der Waals surface area contributed by atoms with Gasteiger partial charge in [-0.05, 0) is 12.8 Å². The smallest absolute Gasteiger partial charge is 0.402 e. The Labute approximate surface area is 78.9 Å². The highest BCUT2D eigenvalue weighted by Crippen LogP contribution is 2.09. The molecular formula is C8H18ClNO2. The van der Waals surface area contributed by atoms with E-state index in [4.69, 9.17) is 21.5 Å². The summed E-state index contributed by atoms with van der Waals surface area (Å²) in [4.78, 5) is 8.78. The summed E-state index contributed by atoms with van der Waals surface area (Å²) < 4.78 is 0. The molecule has 3 N–H and O–H groups in total. The van der Waals surface area contributed by atoms with E-state index < -0.39 is 6.09 Å². The van der Waals surface area contributed by atoms with E-state index in [1.165, 1.54) is 19.3 Å². The molecule has 12 heavy (non-hydrogen) atoms. The Bertz CT molecular complexity index is 105. The van der Waals surface area contributed by atoms with Crippen LogP contribution in [0.1, 0.15) is 39.5 Å². The van der Waals surface area contributed by atoms with Gasteiger partial charge in [-0.1, -0.05) is 26.7 Å². The molecule has 0 rings (SSSR count). The highest BCUT2D eigenvalue weighted by atomic mass is 35.5. The molecule has 1 amide bonds. The van der Waals surface area contributed by atoms with Crippen LogP contribution >= 0.6 is 11.6 Å². The van der Waals surface area contributed by atoms with Gasteiger partial charge in [-0.25, -0.2) is 4.79 Å². The normalized spacial score (nSPS) is 11.2. The first-order chi connectivity index (χ1) is 5.54. The zero-order valence-electron chi connectivity index (χ0n) is 7.72. The molecule has 0 spiro atoms. The maximum absolute atomic E-state index is 8.78. The van der Waals surface area contributed by atoms with Crippen LogP contribution in [-0.4, -0.2) is 16.6 Å². The van der Waals surface area contributed by atoms with E-state index in [0.29, 0.717) is 5.38 Å². The van der Waals surface area contributed by atoms with E-state index in [9.17, 15) is 0 Å². The molecule has 0 heterocycles. The fraction of sp³-hybridized carbons (Fsp3) is 0.875. The molecule has 0 saturated heterocycles. The number of hydrogen-bond donors (Lipinski definition) is 2. The number of amides is 1. The van der Waals surface area contributed by atoms with E-state index >= 15 is 0 Å². The second-order valence-corrected chi connectivity index (χ2v) is 3.10. The Morgan fingerprint density at radius 3 is 2.25 bits per heavy atom. The molecule has 74 valence electrons. The quantitative estimate of drug-likeness (QED) is 0.678. The van der Waals surface area contributed by atoms with Crippen molar-refractivity contribution in [3.8, 4) is 0 Å². The summed E-state index contributed by atoms with van der Waals surface area (Å²) in [5, 5.41) is 7.62. The summed E-state index contributed by atoms with van der Waals surface area (Å²) in [6.45, 7) is 4.33. The number of carbonyl (C=O) groups is 1. The Morgan fingerprint density at radius 1 is 1.58 bits per heavy atom. The summed E-state index contributed by atoms with van der Waals surface area (Å²) in [6.07, 6.45) is 3.52. The maximum Gasteiger partial charge on any atom is 0.402 e. The number of alkyl halides is 1. The lowest BCUT2D eigenvalue weighted by atomic mass is 10.2. The monoisotopic (exact) mass is 195 g/mol. The zero-order chi connectivity index (χ0) is 9.98.